The number of hydrogen-bond donors (Lipinski definition) is 1. The normalized spacial score (nSPS) is 20.3. The number of anilines is 1. The summed E-state index contributed by atoms with van der Waals surface area (Å²) in [5, 5.41) is -0.208. The van der Waals surface area contributed by atoms with E-state index < -0.39 is 41.4 Å². The summed E-state index contributed by atoms with van der Waals surface area (Å²) in [7, 11) is 0. The van der Waals surface area contributed by atoms with Gasteiger partial charge in [0, 0.05) is 63.9 Å². The van der Waals surface area contributed by atoms with Crippen molar-refractivity contribution in [3.05, 3.63) is 40.2 Å². The van der Waals surface area contributed by atoms with Crippen LogP contribution in [0.25, 0.3) is 0 Å². The number of halogens is 3. The predicted molar refractivity (Wildman–Crippen MR) is 115 cm³/mol. The first kappa shape index (κ1) is 16.5. The fraction of sp³-hybridized carbons (Fsp3) is 0.600. The second-order valence-corrected chi connectivity index (χ2v) is 8.63. The molecule has 31 heavy (non-hydrogen) atoms. The number of nitrogens with zero attached hydrogens (tertiary/aromatic N) is 5. The molecule has 2 aromatic heterocycles. The number of piperazine rings is 1. The first-order valence-electron chi connectivity index (χ1n) is 12.5. The van der Waals surface area contributed by atoms with Gasteiger partial charge in [-0.05, 0) is 12.9 Å². The molecule has 0 aromatic carbocycles. The lowest BCUT2D eigenvalue weighted by Gasteiger charge is -2.36. The molecule has 1 aliphatic heterocycles. The van der Waals surface area contributed by atoms with Crippen LogP contribution in [0.4, 0.5) is 19.0 Å². The zero-order chi connectivity index (χ0) is 28.0. The molecule has 0 bridgehead atoms. The van der Waals surface area contributed by atoms with Gasteiger partial charge >= 0.3 is 6.18 Å². The highest BCUT2D eigenvalue weighted by Gasteiger charge is 2.35. The van der Waals surface area contributed by atoms with Gasteiger partial charge in [-0.15, -0.1) is 0 Å². The molecule has 3 heterocycles. The molecular formula is C20H27F3N6OS. The van der Waals surface area contributed by atoms with Crippen LogP contribution in [0.2, 0.25) is 0 Å². The number of nitrogens with one attached hydrogen (secondary N) is 1. The molecule has 7 nitrogen and oxygen atoms in total. The third-order valence-electron chi connectivity index (χ3n) is 4.34. The molecule has 1 fully saturated rings. The number of hydrogen-bond acceptors (Lipinski definition) is 7. The van der Waals surface area contributed by atoms with Crippen LogP contribution < -0.4 is 10.5 Å². The second kappa shape index (κ2) is 9.56. The van der Waals surface area contributed by atoms with Gasteiger partial charge in [-0.2, -0.15) is 13.2 Å². The first-order chi connectivity index (χ1) is 16.8. The molecule has 0 unspecified atom stereocenters. The highest BCUT2D eigenvalue weighted by molar-refractivity contribution is 7.99. The highest BCUT2D eigenvalue weighted by Crippen LogP contribution is 2.32. The van der Waals surface area contributed by atoms with Crippen LogP contribution >= 0.6 is 11.8 Å². The molecule has 0 radical (unpaired) electrons. The smallest absolute Gasteiger partial charge is 0.354 e. The van der Waals surface area contributed by atoms with Crippen molar-refractivity contribution in [3.63, 3.8) is 0 Å². The number of aromatic amines is 1. The zero-order valence-electron chi connectivity index (χ0n) is 23.2. The molecule has 0 amide bonds. The zero-order valence-corrected chi connectivity index (χ0v) is 18.1. The monoisotopic (exact) mass is 462 g/mol. The Morgan fingerprint density at radius 3 is 2.52 bits per heavy atom. The van der Waals surface area contributed by atoms with Gasteiger partial charge in [0.05, 0.1) is 0 Å². The van der Waals surface area contributed by atoms with Crippen LogP contribution in [0.5, 0.6) is 0 Å². The van der Waals surface area contributed by atoms with Crippen molar-refractivity contribution in [1.82, 2.24) is 24.8 Å². The van der Waals surface area contributed by atoms with Crippen molar-refractivity contribution in [2.75, 3.05) is 43.3 Å². The topological polar surface area (TPSA) is 78.0 Å². The fourth-order valence-corrected chi connectivity index (χ4v) is 3.16. The van der Waals surface area contributed by atoms with Crippen LogP contribution in [0.3, 0.4) is 0 Å². The van der Waals surface area contributed by atoms with Gasteiger partial charge in [-0.25, -0.2) is 15.0 Å². The van der Waals surface area contributed by atoms with E-state index in [2.05, 4.69) is 19.9 Å². The van der Waals surface area contributed by atoms with Gasteiger partial charge in [0.15, 0.2) is 5.16 Å². The molecule has 3 rings (SSSR count). The van der Waals surface area contributed by atoms with Gasteiger partial charge in [0.2, 0.25) is 0 Å². The van der Waals surface area contributed by atoms with Gasteiger partial charge in [0.25, 0.3) is 5.56 Å². The summed E-state index contributed by atoms with van der Waals surface area (Å²) in [6.45, 7) is 2.08. The Balaban J connectivity index is 1.81. The minimum atomic E-state index is -4.69. The maximum atomic E-state index is 13.5. The molecular weight excluding hydrogens is 429 g/mol. The van der Waals surface area contributed by atoms with E-state index in [0.29, 0.717) is 0 Å². The molecule has 0 saturated carbocycles. The Bertz CT molecular complexity index is 1150. The minimum absolute atomic E-state index is 0.00389. The quantitative estimate of drug-likeness (QED) is 0.522. The van der Waals surface area contributed by atoms with Crippen molar-refractivity contribution in [1.29, 1.82) is 0 Å². The Morgan fingerprint density at radius 1 is 1.19 bits per heavy atom. The van der Waals surface area contributed by atoms with Crippen molar-refractivity contribution in [3.8, 4) is 0 Å². The molecule has 1 N–H and O–H groups in total. The minimum Gasteiger partial charge on any atom is -0.354 e. The number of rotatable bonds is 6. The van der Waals surface area contributed by atoms with E-state index in [1.54, 1.807) is 20.8 Å². The van der Waals surface area contributed by atoms with Crippen LogP contribution in [0, 0.1) is 0 Å². The van der Waals surface area contributed by atoms with E-state index in [9.17, 15) is 18.0 Å². The SMILES string of the molecule is [2H]C([2H])(Sc1nccc(=O)[nH]1)C([2H])([2H])C([2H])([2H])N1CCN(c2cc(C(F)(F)F)nc(C(C)(C)C)n2)CC1. The number of H-pyrrole nitrogens is 1. The van der Waals surface area contributed by atoms with Gasteiger partial charge in [-0.3, -0.25) is 9.69 Å². The lowest BCUT2D eigenvalue weighted by Crippen LogP contribution is -2.47. The Labute approximate surface area is 191 Å². The molecule has 170 valence electrons. The summed E-state index contributed by atoms with van der Waals surface area (Å²) in [4.78, 5) is 28.2. The van der Waals surface area contributed by atoms with Crippen molar-refractivity contribution in [2.45, 2.75) is 43.9 Å². The van der Waals surface area contributed by atoms with E-state index in [1.165, 1.54) is 4.90 Å². The molecule has 0 spiro atoms. The van der Waals surface area contributed by atoms with Crippen molar-refractivity contribution in [2.24, 2.45) is 0 Å². The Hall–Kier alpha value is -2.14. The lowest BCUT2D eigenvalue weighted by molar-refractivity contribution is -0.141. The molecule has 11 heteroatoms. The summed E-state index contributed by atoms with van der Waals surface area (Å²) in [6, 6.07) is 1.94. The maximum absolute atomic E-state index is 13.5. The van der Waals surface area contributed by atoms with Gasteiger partial charge in [0.1, 0.15) is 17.3 Å². The Kier molecular flexibility index (Phi) is 5.08. The van der Waals surface area contributed by atoms with E-state index >= 15 is 0 Å². The van der Waals surface area contributed by atoms with Crippen LogP contribution in [-0.2, 0) is 11.6 Å². The summed E-state index contributed by atoms with van der Waals surface area (Å²) in [5.74, 6) is 0.0321. The largest absolute Gasteiger partial charge is 0.433 e. The Morgan fingerprint density at radius 2 is 1.90 bits per heavy atom. The van der Waals surface area contributed by atoms with Gasteiger partial charge in [-0.1, -0.05) is 32.5 Å². The van der Waals surface area contributed by atoms with Crippen LogP contribution in [0.1, 0.15) is 46.9 Å². The molecule has 0 atom stereocenters. The third-order valence-corrected chi connectivity index (χ3v) is 4.94. The van der Waals surface area contributed by atoms with Crippen molar-refractivity contribution < 1.29 is 21.4 Å². The van der Waals surface area contributed by atoms with Gasteiger partial charge < -0.3 is 9.88 Å². The lowest BCUT2D eigenvalue weighted by atomic mass is 9.95. The average Bonchev–Trinajstić information content (AvgIpc) is 2.77. The van der Waals surface area contributed by atoms with Crippen LogP contribution in [-0.4, -0.2) is 63.2 Å². The first-order valence-corrected chi connectivity index (χ1v) is 10.3. The molecule has 0 aliphatic carbocycles. The van der Waals surface area contributed by atoms with Crippen LogP contribution in [0.15, 0.2) is 28.3 Å². The maximum Gasteiger partial charge on any atom is 0.433 e. The molecule has 1 saturated heterocycles. The standard InChI is InChI=1S/C20H27F3N6OS/c1-19(2,3)17-25-14(20(21,22)23)13-15(26-17)29-10-8-28(9-11-29)7-4-12-31-18-24-6-5-16(30)27-18/h5-6,13H,4,7-12H2,1-3H3,(H,24,27,30)/i4D2,7D2,12D2. The predicted octanol–water partition coefficient (Wildman–Crippen LogP) is 3.18. The number of aromatic nitrogens is 4. The second-order valence-electron chi connectivity index (χ2n) is 7.84. The highest BCUT2D eigenvalue weighted by atomic mass is 32.2. The average molecular weight is 463 g/mol. The summed E-state index contributed by atoms with van der Waals surface area (Å²) in [6.07, 6.45) is -6.64. The van der Waals surface area contributed by atoms with E-state index in [-0.39, 0.29) is 54.7 Å². The van der Waals surface area contributed by atoms with Crippen molar-refractivity contribution >= 4 is 17.6 Å². The molecule has 1 aliphatic rings. The third kappa shape index (κ3) is 6.67. The summed E-state index contributed by atoms with van der Waals surface area (Å²) in [5.41, 5.74) is -5.26. The van der Waals surface area contributed by atoms with E-state index in [1.807, 2.05) is 0 Å². The van der Waals surface area contributed by atoms with E-state index in [0.717, 1.165) is 23.2 Å². The molecule has 2 aromatic rings. The fourth-order valence-electron chi connectivity index (χ4n) is 2.70. The summed E-state index contributed by atoms with van der Waals surface area (Å²) >= 11 is 0.254. The number of thioether (sulfide) groups is 1. The number of alkyl halides is 3. The summed E-state index contributed by atoms with van der Waals surface area (Å²) < 4.78 is 90.5. The van der Waals surface area contributed by atoms with E-state index in [4.69, 9.17) is 8.22 Å².